The summed E-state index contributed by atoms with van der Waals surface area (Å²) >= 11 is 1.29. The number of thiazole rings is 1. The van der Waals surface area contributed by atoms with E-state index in [1.807, 2.05) is 0 Å². The summed E-state index contributed by atoms with van der Waals surface area (Å²) < 4.78 is 29.6. The van der Waals surface area contributed by atoms with Crippen LogP contribution < -0.4 is 15.4 Å². The van der Waals surface area contributed by atoms with Gasteiger partial charge in [0.05, 0.1) is 5.69 Å². The molecule has 0 fully saturated rings. The van der Waals surface area contributed by atoms with Gasteiger partial charge in [0.2, 0.25) is 0 Å². The quantitative estimate of drug-likeness (QED) is 0.688. The van der Waals surface area contributed by atoms with Gasteiger partial charge < -0.3 is 10.1 Å². The Kier molecular flexibility index (Phi) is 5.19. The van der Waals surface area contributed by atoms with Gasteiger partial charge in [-0.3, -0.25) is 5.32 Å². The molecule has 0 aliphatic rings. The molecule has 3 aromatic rings. The van der Waals surface area contributed by atoms with E-state index in [0.29, 0.717) is 16.6 Å². The van der Waals surface area contributed by atoms with Crippen molar-refractivity contribution >= 4 is 38.0 Å². The highest BCUT2D eigenvalue weighted by Crippen LogP contribution is 2.33. The molecule has 0 saturated carbocycles. The molecule has 0 aliphatic carbocycles. The second-order valence-electron chi connectivity index (χ2n) is 5.23. The van der Waals surface area contributed by atoms with Crippen LogP contribution >= 0.6 is 11.3 Å². The molecule has 0 radical (unpaired) electrons. The number of benzene rings is 2. The molecule has 9 heteroatoms. The van der Waals surface area contributed by atoms with E-state index < -0.39 is 15.9 Å². The minimum Gasteiger partial charge on any atom is -0.454 e. The summed E-state index contributed by atoms with van der Waals surface area (Å²) in [6.07, 6.45) is 2.69. The van der Waals surface area contributed by atoms with Crippen LogP contribution in [0.2, 0.25) is 0 Å². The maximum atomic E-state index is 12.1. The van der Waals surface area contributed by atoms with E-state index in [-0.39, 0.29) is 10.6 Å². The summed E-state index contributed by atoms with van der Waals surface area (Å²) in [6.45, 7) is 0. The van der Waals surface area contributed by atoms with E-state index in [4.69, 9.17) is 4.74 Å². The molecule has 2 N–H and O–H groups in total. The molecule has 1 heterocycles. The minimum atomic E-state index is -3.46. The van der Waals surface area contributed by atoms with Gasteiger partial charge >= 0.3 is 6.03 Å². The Balaban J connectivity index is 1.83. The van der Waals surface area contributed by atoms with Crippen LogP contribution in [0.5, 0.6) is 11.5 Å². The molecule has 134 valence electrons. The Morgan fingerprint density at radius 1 is 1.04 bits per heavy atom. The number of nitrogens with one attached hydrogen (secondary N) is 2. The number of hydrogen-bond acceptors (Lipinski definition) is 6. The first-order valence-corrected chi connectivity index (χ1v) is 10.2. The van der Waals surface area contributed by atoms with Gasteiger partial charge in [-0.1, -0.05) is 24.3 Å². The topological polar surface area (TPSA) is 97.4 Å². The van der Waals surface area contributed by atoms with E-state index in [9.17, 15) is 13.2 Å². The predicted molar refractivity (Wildman–Crippen MR) is 101 cm³/mol. The monoisotopic (exact) mass is 389 g/mol. The van der Waals surface area contributed by atoms with Gasteiger partial charge in [0.25, 0.3) is 0 Å². The van der Waals surface area contributed by atoms with E-state index >= 15 is 0 Å². The SMILES string of the molecule is CS(=O)(=O)c1ccccc1Oc1ccccc1NC(=O)Nc1nccs1. The molecule has 1 aromatic heterocycles. The maximum Gasteiger partial charge on any atom is 0.325 e. The number of hydrogen-bond donors (Lipinski definition) is 2. The predicted octanol–water partition coefficient (Wildman–Crippen LogP) is 3.98. The number of anilines is 2. The molecular weight excluding hydrogens is 374 g/mol. The number of sulfone groups is 1. The van der Waals surface area contributed by atoms with Gasteiger partial charge in [-0.25, -0.2) is 18.2 Å². The van der Waals surface area contributed by atoms with E-state index in [1.54, 1.807) is 54.0 Å². The lowest BCUT2D eigenvalue weighted by Gasteiger charge is -2.14. The van der Waals surface area contributed by atoms with Crippen molar-refractivity contribution in [3.63, 3.8) is 0 Å². The molecular formula is C17H15N3O4S2. The van der Waals surface area contributed by atoms with Crippen LogP contribution in [0, 0.1) is 0 Å². The Labute approximate surface area is 154 Å². The van der Waals surface area contributed by atoms with E-state index in [0.717, 1.165) is 6.26 Å². The van der Waals surface area contributed by atoms with Crippen LogP contribution in [0.15, 0.2) is 65.0 Å². The Hall–Kier alpha value is -2.91. The van der Waals surface area contributed by atoms with Gasteiger partial charge in [0, 0.05) is 17.8 Å². The summed E-state index contributed by atoms with van der Waals surface area (Å²) in [5, 5.41) is 7.48. The summed E-state index contributed by atoms with van der Waals surface area (Å²) in [6, 6.07) is 12.6. The Bertz CT molecular complexity index is 1020. The van der Waals surface area contributed by atoms with Crippen molar-refractivity contribution in [2.75, 3.05) is 16.9 Å². The van der Waals surface area contributed by atoms with Crippen molar-refractivity contribution in [3.05, 3.63) is 60.1 Å². The zero-order chi connectivity index (χ0) is 18.6. The van der Waals surface area contributed by atoms with Crippen LogP contribution in [0.25, 0.3) is 0 Å². The van der Waals surface area contributed by atoms with Gasteiger partial charge in [-0.15, -0.1) is 11.3 Å². The highest BCUT2D eigenvalue weighted by Gasteiger charge is 2.16. The summed E-state index contributed by atoms with van der Waals surface area (Å²) in [7, 11) is -3.46. The third-order valence-electron chi connectivity index (χ3n) is 3.26. The number of carbonyl (C=O) groups is 1. The number of para-hydroxylation sites is 3. The molecule has 0 bridgehead atoms. The maximum absolute atomic E-state index is 12.1. The first-order valence-electron chi connectivity index (χ1n) is 7.47. The number of carbonyl (C=O) groups excluding carboxylic acids is 1. The van der Waals surface area contributed by atoms with Crippen LogP contribution in [0.4, 0.5) is 15.6 Å². The molecule has 26 heavy (non-hydrogen) atoms. The Morgan fingerprint density at radius 3 is 2.42 bits per heavy atom. The van der Waals surface area contributed by atoms with Crippen LogP contribution in [-0.2, 0) is 9.84 Å². The van der Waals surface area contributed by atoms with Crippen molar-refractivity contribution in [1.29, 1.82) is 0 Å². The zero-order valence-electron chi connectivity index (χ0n) is 13.7. The molecule has 7 nitrogen and oxygen atoms in total. The average molecular weight is 389 g/mol. The number of amides is 2. The first-order chi connectivity index (χ1) is 12.4. The van der Waals surface area contributed by atoms with Crippen molar-refractivity contribution in [1.82, 2.24) is 4.98 Å². The zero-order valence-corrected chi connectivity index (χ0v) is 15.3. The van der Waals surface area contributed by atoms with Crippen molar-refractivity contribution in [3.8, 4) is 11.5 Å². The number of nitrogens with zero attached hydrogens (tertiary/aromatic N) is 1. The third kappa shape index (κ3) is 4.38. The van der Waals surface area contributed by atoms with Gasteiger partial charge in [0.1, 0.15) is 10.6 Å². The molecule has 0 unspecified atom stereocenters. The largest absolute Gasteiger partial charge is 0.454 e. The molecule has 0 saturated heterocycles. The van der Waals surface area contributed by atoms with Crippen LogP contribution in [-0.4, -0.2) is 25.7 Å². The number of aromatic nitrogens is 1. The summed E-state index contributed by atoms with van der Waals surface area (Å²) in [4.78, 5) is 16.2. The summed E-state index contributed by atoms with van der Waals surface area (Å²) in [5.41, 5.74) is 0.393. The lowest BCUT2D eigenvalue weighted by atomic mass is 10.3. The molecule has 3 rings (SSSR count). The molecule has 0 spiro atoms. The fraction of sp³-hybridized carbons (Fsp3) is 0.0588. The standard InChI is InChI=1S/C17H15N3O4S2/c1-26(22,23)15-9-5-4-8-14(15)24-13-7-3-2-6-12(13)19-16(21)20-17-18-10-11-25-17/h2-11H,1H3,(H2,18,19,20,21). The molecule has 2 amide bonds. The fourth-order valence-corrected chi connectivity index (χ4v) is 3.48. The van der Waals surface area contributed by atoms with E-state index in [2.05, 4.69) is 15.6 Å². The second kappa shape index (κ2) is 7.54. The van der Waals surface area contributed by atoms with Crippen molar-refractivity contribution < 1.29 is 17.9 Å². The number of ether oxygens (including phenoxy) is 1. The van der Waals surface area contributed by atoms with Gasteiger partial charge in [0.15, 0.2) is 20.7 Å². The van der Waals surface area contributed by atoms with Gasteiger partial charge in [-0.05, 0) is 24.3 Å². The fourth-order valence-electron chi connectivity index (χ4n) is 2.15. The number of rotatable bonds is 5. The van der Waals surface area contributed by atoms with Crippen LogP contribution in [0.1, 0.15) is 0 Å². The highest BCUT2D eigenvalue weighted by molar-refractivity contribution is 7.90. The lowest BCUT2D eigenvalue weighted by Crippen LogP contribution is -2.19. The lowest BCUT2D eigenvalue weighted by molar-refractivity contribution is 0.262. The average Bonchev–Trinajstić information content (AvgIpc) is 3.09. The summed E-state index contributed by atoms with van der Waals surface area (Å²) in [5.74, 6) is 0.502. The van der Waals surface area contributed by atoms with Gasteiger partial charge in [-0.2, -0.15) is 0 Å². The van der Waals surface area contributed by atoms with Crippen molar-refractivity contribution in [2.24, 2.45) is 0 Å². The molecule has 0 atom stereocenters. The molecule has 2 aromatic carbocycles. The third-order valence-corrected chi connectivity index (χ3v) is 5.08. The van der Waals surface area contributed by atoms with E-state index in [1.165, 1.54) is 17.4 Å². The smallest absolute Gasteiger partial charge is 0.325 e. The first kappa shape index (κ1) is 17.9. The normalized spacial score (nSPS) is 11.0. The Morgan fingerprint density at radius 2 is 1.73 bits per heavy atom. The minimum absolute atomic E-state index is 0.0713. The van der Waals surface area contributed by atoms with Crippen LogP contribution in [0.3, 0.4) is 0 Å². The second-order valence-corrected chi connectivity index (χ2v) is 8.11. The van der Waals surface area contributed by atoms with Crippen molar-refractivity contribution in [2.45, 2.75) is 4.90 Å². The highest BCUT2D eigenvalue weighted by atomic mass is 32.2. The molecule has 0 aliphatic heterocycles. The number of urea groups is 1.